The molecule has 3 N–H and O–H groups in total. The predicted octanol–water partition coefficient (Wildman–Crippen LogP) is 2.59. The largest absolute Gasteiger partial charge is 0.394 e. The van der Waals surface area contributed by atoms with Gasteiger partial charge in [0, 0.05) is 18.0 Å². The lowest BCUT2D eigenvalue weighted by Gasteiger charge is -2.13. The lowest BCUT2D eigenvalue weighted by atomic mass is 10.0. The summed E-state index contributed by atoms with van der Waals surface area (Å²) in [6.45, 7) is -2.95. The van der Waals surface area contributed by atoms with E-state index in [0.717, 1.165) is 4.57 Å². The highest BCUT2D eigenvalue weighted by Crippen LogP contribution is 2.31. The summed E-state index contributed by atoms with van der Waals surface area (Å²) in [5.41, 5.74) is 6.65. The molecule has 7 heteroatoms. The Kier molecular flexibility index (Phi) is 4.14. The van der Waals surface area contributed by atoms with Gasteiger partial charge in [-0.3, -0.25) is 4.57 Å². The Morgan fingerprint density at radius 1 is 1.42 bits per heavy atom. The van der Waals surface area contributed by atoms with E-state index < -0.39 is 12.6 Å². The molecule has 0 amide bonds. The molecule has 0 fully saturated rings. The maximum Gasteiger partial charge on any atom is 0.320 e. The minimum atomic E-state index is -2.70. The van der Waals surface area contributed by atoms with Gasteiger partial charge in [-0.2, -0.15) is 8.78 Å². The lowest BCUT2D eigenvalue weighted by molar-refractivity contribution is 0.0720. The van der Waals surface area contributed by atoms with Crippen molar-refractivity contribution in [1.29, 1.82) is 0 Å². The third kappa shape index (κ3) is 2.75. The number of nitrogens with two attached hydrogens (primary N) is 1. The molecule has 1 heterocycles. The van der Waals surface area contributed by atoms with Crippen molar-refractivity contribution in [3.05, 3.63) is 41.2 Å². The van der Waals surface area contributed by atoms with Crippen LogP contribution in [0, 0.1) is 0 Å². The minimum Gasteiger partial charge on any atom is -0.394 e. The average Bonchev–Trinajstić information content (AvgIpc) is 2.87. The molecule has 0 bridgehead atoms. The van der Waals surface area contributed by atoms with E-state index in [-0.39, 0.29) is 12.4 Å². The second-order valence-corrected chi connectivity index (χ2v) is 4.37. The molecule has 0 aliphatic carbocycles. The van der Waals surface area contributed by atoms with E-state index >= 15 is 0 Å². The maximum absolute atomic E-state index is 12.8. The third-order valence-electron chi connectivity index (χ3n) is 2.74. The van der Waals surface area contributed by atoms with Gasteiger partial charge in [0.1, 0.15) is 5.82 Å². The number of aliphatic hydroxyl groups is 1. The summed E-state index contributed by atoms with van der Waals surface area (Å²) in [5.74, 6) is 0.0620. The van der Waals surface area contributed by atoms with E-state index in [1.54, 1.807) is 18.2 Å². The van der Waals surface area contributed by atoms with Gasteiger partial charge in [0.05, 0.1) is 17.7 Å². The number of halogens is 3. The van der Waals surface area contributed by atoms with Gasteiger partial charge in [0.25, 0.3) is 0 Å². The average molecular weight is 288 g/mol. The van der Waals surface area contributed by atoms with Crippen LogP contribution < -0.4 is 5.73 Å². The van der Waals surface area contributed by atoms with Crippen molar-refractivity contribution in [2.45, 2.75) is 12.6 Å². The van der Waals surface area contributed by atoms with Crippen molar-refractivity contribution in [3.8, 4) is 11.4 Å². The number of aromatic nitrogens is 2. The van der Waals surface area contributed by atoms with Crippen LogP contribution in [0.25, 0.3) is 11.4 Å². The number of imidazole rings is 1. The van der Waals surface area contributed by atoms with E-state index in [9.17, 15) is 8.78 Å². The summed E-state index contributed by atoms with van der Waals surface area (Å²) in [6, 6.07) is 4.16. The SMILES string of the molecule is NC(CO)c1ccc(Cl)c(-c2nccn2C(F)F)c1. The van der Waals surface area contributed by atoms with Gasteiger partial charge < -0.3 is 10.8 Å². The van der Waals surface area contributed by atoms with Gasteiger partial charge in [0.2, 0.25) is 0 Å². The fraction of sp³-hybridized carbons (Fsp3) is 0.250. The summed E-state index contributed by atoms with van der Waals surface area (Å²) in [4.78, 5) is 3.89. The van der Waals surface area contributed by atoms with E-state index in [2.05, 4.69) is 4.98 Å². The Labute approximate surface area is 113 Å². The zero-order valence-electron chi connectivity index (χ0n) is 9.80. The fourth-order valence-corrected chi connectivity index (χ4v) is 1.93. The molecule has 0 radical (unpaired) electrons. The first-order chi connectivity index (χ1) is 9.04. The Bertz CT molecular complexity index is 574. The zero-order valence-corrected chi connectivity index (χ0v) is 10.6. The zero-order chi connectivity index (χ0) is 14.0. The summed E-state index contributed by atoms with van der Waals surface area (Å²) in [5, 5.41) is 9.32. The summed E-state index contributed by atoms with van der Waals surface area (Å²) < 4.78 is 26.4. The van der Waals surface area contributed by atoms with E-state index in [1.165, 1.54) is 12.4 Å². The quantitative estimate of drug-likeness (QED) is 0.908. The highest BCUT2D eigenvalue weighted by Gasteiger charge is 2.17. The molecule has 0 spiro atoms. The number of rotatable bonds is 4. The predicted molar refractivity (Wildman–Crippen MR) is 67.9 cm³/mol. The van der Waals surface area contributed by atoms with Crippen LogP contribution in [0.2, 0.25) is 5.02 Å². The number of alkyl halides is 2. The smallest absolute Gasteiger partial charge is 0.320 e. The van der Waals surface area contributed by atoms with Crippen LogP contribution in [0.5, 0.6) is 0 Å². The molecule has 0 aliphatic rings. The molecule has 0 saturated carbocycles. The molecule has 0 aliphatic heterocycles. The van der Waals surface area contributed by atoms with Gasteiger partial charge in [-0.05, 0) is 17.7 Å². The number of hydrogen-bond donors (Lipinski definition) is 2. The van der Waals surface area contributed by atoms with E-state index in [1.807, 2.05) is 0 Å². The van der Waals surface area contributed by atoms with Crippen molar-refractivity contribution < 1.29 is 13.9 Å². The fourth-order valence-electron chi connectivity index (χ4n) is 1.73. The van der Waals surface area contributed by atoms with E-state index in [4.69, 9.17) is 22.4 Å². The molecule has 19 heavy (non-hydrogen) atoms. The van der Waals surface area contributed by atoms with E-state index in [0.29, 0.717) is 16.1 Å². The topological polar surface area (TPSA) is 64.1 Å². The molecule has 4 nitrogen and oxygen atoms in total. The second kappa shape index (κ2) is 5.64. The van der Waals surface area contributed by atoms with Crippen molar-refractivity contribution in [2.75, 3.05) is 6.61 Å². The number of nitrogens with zero attached hydrogens (tertiary/aromatic N) is 2. The standard InChI is InChI=1S/C12H12ClF2N3O/c13-9-2-1-7(10(16)6-19)5-8(9)11-17-3-4-18(11)12(14)15/h1-5,10,12,19H,6,16H2. The molecule has 2 rings (SSSR count). The van der Waals surface area contributed by atoms with Crippen LogP contribution >= 0.6 is 11.6 Å². The van der Waals surface area contributed by atoms with Crippen LogP contribution in [0.3, 0.4) is 0 Å². The number of benzene rings is 1. The monoisotopic (exact) mass is 287 g/mol. The molecule has 102 valence electrons. The van der Waals surface area contributed by atoms with Crippen molar-refractivity contribution in [3.63, 3.8) is 0 Å². The van der Waals surface area contributed by atoms with Crippen molar-refractivity contribution in [2.24, 2.45) is 5.73 Å². The van der Waals surface area contributed by atoms with Crippen LogP contribution in [0.4, 0.5) is 8.78 Å². The Balaban J connectivity index is 2.52. The molecule has 2 aromatic rings. The molecular weight excluding hydrogens is 276 g/mol. The molecule has 1 aromatic carbocycles. The molecule has 1 unspecified atom stereocenters. The third-order valence-corrected chi connectivity index (χ3v) is 3.06. The molecule has 1 aromatic heterocycles. The first-order valence-corrected chi connectivity index (χ1v) is 5.89. The summed E-state index contributed by atoms with van der Waals surface area (Å²) >= 11 is 6.01. The van der Waals surface area contributed by atoms with Crippen molar-refractivity contribution >= 4 is 11.6 Å². The minimum absolute atomic E-state index is 0.0620. The molecule has 0 saturated heterocycles. The van der Waals surface area contributed by atoms with Crippen molar-refractivity contribution in [1.82, 2.24) is 9.55 Å². The molecule has 1 atom stereocenters. The summed E-state index contributed by atoms with van der Waals surface area (Å²) in [7, 11) is 0. The number of aliphatic hydroxyl groups excluding tert-OH is 1. The second-order valence-electron chi connectivity index (χ2n) is 3.96. The summed E-state index contributed by atoms with van der Waals surface area (Å²) in [6.07, 6.45) is 2.45. The normalized spacial score (nSPS) is 12.9. The van der Waals surface area contributed by atoms with Crippen LogP contribution in [-0.4, -0.2) is 21.3 Å². The van der Waals surface area contributed by atoms with Gasteiger partial charge in [-0.25, -0.2) is 4.98 Å². The van der Waals surface area contributed by atoms with Crippen LogP contribution in [0.1, 0.15) is 18.2 Å². The molecular formula is C12H12ClF2N3O. The van der Waals surface area contributed by atoms with Crippen LogP contribution in [-0.2, 0) is 0 Å². The first-order valence-electron chi connectivity index (χ1n) is 5.52. The maximum atomic E-state index is 12.8. The van der Waals surface area contributed by atoms with Gasteiger partial charge in [-0.15, -0.1) is 0 Å². The lowest BCUT2D eigenvalue weighted by Crippen LogP contribution is -2.14. The van der Waals surface area contributed by atoms with Crippen LogP contribution in [0.15, 0.2) is 30.6 Å². The Morgan fingerprint density at radius 2 is 2.16 bits per heavy atom. The Morgan fingerprint density at radius 3 is 2.79 bits per heavy atom. The van der Waals surface area contributed by atoms with Gasteiger partial charge in [0.15, 0.2) is 0 Å². The first kappa shape index (κ1) is 13.9. The Hall–Kier alpha value is -1.50. The van der Waals surface area contributed by atoms with Gasteiger partial charge >= 0.3 is 6.55 Å². The highest BCUT2D eigenvalue weighted by atomic mass is 35.5. The highest BCUT2D eigenvalue weighted by molar-refractivity contribution is 6.33. The van der Waals surface area contributed by atoms with Gasteiger partial charge in [-0.1, -0.05) is 17.7 Å². The number of hydrogen-bond acceptors (Lipinski definition) is 3.